The monoisotopic (exact) mass is 309 g/mol. The van der Waals surface area contributed by atoms with Gasteiger partial charge in [0.05, 0.1) is 13.2 Å². The van der Waals surface area contributed by atoms with Gasteiger partial charge < -0.3 is 14.7 Å². The van der Waals surface area contributed by atoms with E-state index in [4.69, 9.17) is 9.84 Å². The Bertz CT molecular complexity index is 549. The van der Waals surface area contributed by atoms with Crippen molar-refractivity contribution in [2.45, 2.75) is 25.9 Å². The number of aryl methyl sites for hydroxylation is 1. The van der Waals surface area contributed by atoms with Gasteiger partial charge in [-0.25, -0.2) is 9.18 Å². The number of hydrogen-bond donors (Lipinski definition) is 1. The summed E-state index contributed by atoms with van der Waals surface area (Å²) in [5.74, 6) is -1.65. The number of hydrogen-bond acceptors (Lipinski definition) is 3. The Morgan fingerprint density at radius 2 is 2.27 bits per heavy atom. The molecule has 1 N–H and O–H groups in total. The van der Waals surface area contributed by atoms with Crippen molar-refractivity contribution in [1.82, 2.24) is 4.90 Å². The summed E-state index contributed by atoms with van der Waals surface area (Å²) in [6.45, 7) is 2.54. The van der Waals surface area contributed by atoms with E-state index in [1.807, 2.05) is 13.0 Å². The zero-order valence-electron chi connectivity index (χ0n) is 12.5. The second-order valence-corrected chi connectivity index (χ2v) is 5.55. The van der Waals surface area contributed by atoms with Gasteiger partial charge in [0.15, 0.2) is 6.10 Å². The molecule has 1 saturated heterocycles. The van der Waals surface area contributed by atoms with E-state index in [1.54, 1.807) is 11.0 Å². The van der Waals surface area contributed by atoms with Crippen LogP contribution in [0.4, 0.5) is 4.39 Å². The molecule has 1 fully saturated rings. The zero-order chi connectivity index (χ0) is 16.1. The molecule has 22 heavy (non-hydrogen) atoms. The second kappa shape index (κ2) is 7.35. The van der Waals surface area contributed by atoms with Crippen LogP contribution in [0.1, 0.15) is 18.9 Å². The van der Waals surface area contributed by atoms with E-state index < -0.39 is 12.1 Å². The lowest BCUT2D eigenvalue weighted by molar-refractivity contribution is -0.160. The van der Waals surface area contributed by atoms with Crippen molar-refractivity contribution in [3.63, 3.8) is 0 Å². The molecule has 0 bridgehead atoms. The lowest BCUT2D eigenvalue weighted by atomic mass is 9.99. The molecule has 1 heterocycles. The first-order chi connectivity index (χ1) is 10.5. The summed E-state index contributed by atoms with van der Waals surface area (Å²) >= 11 is 0. The Labute approximate surface area is 128 Å². The van der Waals surface area contributed by atoms with Gasteiger partial charge in [0.25, 0.3) is 0 Å². The highest BCUT2D eigenvalue weighted by Crippen LogP contribution is 2.15. The van der Waals surface area contributed by atoms with Gasteiger partial charge in [-0.15, -0.1) is 0 Å². The largest absolute Gasteiger partial charge is 0.479 e. The molecule has 2 rings (SSSR count). The summed E-state index contributed by atoms with van der Waals surface area (Å²) in [6.07, 6.45) is 0.252. The quantitative estimate of drug-likeness (QED) is 0.899. The molecule has 2 atom stereocenters. The lowest BCUT2D eigenvalue weighted by Gasteiger charge is -2.32. The van der Waals surface area contributed by atoms with Gasteiger partial charge in [-0.2, -0.15) is 0 Å². The van der Waals surface area contributed by atoms with Crippen molar-refractivity contribution in [1.29, 1.82) is 0 Å². The van der Waals surface area contributed by atoms with Crippen LogP contribution in [-0.4, -0.2) is 47.7 Å². The number of aliphatic carboxylic acids is 1. The molecule has 120 valence electrons. The fraction of sp³-hybridized carbons (Fsp3) is 0.500. The molecule has 0 spiro atoms. The van der Waals surface area contributed by atoms with Gasteiger partial charge in [0, 0.05) is 12.5 Å². The van der Waals surface area contributed by atoms with Gasteiger partial charge in [0.2, 0.25) is 5.91 Å². The van der Waals surface area contributed by atoms with E-state index in [0.29, 0.717) is 19.4 Å². The van der Waals surface area contributed by atoms with Crippen LogP contribution in [-0.2, 0) is 20.7 Å². The first-order valence-electron chi connectivity index (χ1n) is 7.35. The number of benzene rings is 1. The highest BCUT2D eigenvalue weighted by molar-refractivity contribution is 5.80. The van der Waals surface area contributed by atoms with Crippen LogP contribution in [0.25, 0.3) is 0 Å². The van der Waals surface area contributed by atoms with Crippen LogP contribution in [0.15, 0.2) is 24.3 Å². The molecule has 1 aliphatic rings. The summed E-state index contributed by atoms with van der Waals surface area (Å²) < 4.78 is 18.2. The number of amides is 1. The van der Waals surface area contributed by atoms with Crippen molar-refractivity contribution in [3.8, 4) is 0 Å². The lowest BCUT2D eigenvalue weighted by Crippen LogP contribution is -2.50. The summed E-state index contributed by atoms with van der Waals surface area (Å²) in [6, 6.07) is 6.33. The maximum absolute atomic E-state index is 13.1. The van der Waals surface area contributed by atoms with Crippen LogP contribution in [0.5, 0.6) is 0 Å². The number of halogens is 1. The molecule has 0 unspecified atom stereocenters. The van der Waals surface area contributed by atoms with E-state index >= 15 is 0 Å². The summed E-state index contributed by atoms with van der Waals surface area (Å²) in [5, 5.41) is 8.96. The third-order valence-electron chi connectivity index (χ3n) is 3.83. The molecule has 0 saturated carbocycles. The summed E-state index contributed by atoms with van der Waals surface area (Å²) in [4.78, 5) is 24.8. The molecule has 1 amide bonds. The molecular weight excluding hydrogens is 289 g/mol. The predicted molar refractivity (Wildman–Crippen MR) is 77.8 cm³/mol. The van der Waals surface area contributed by atoms with Crippen LogP contribution in [0.3, 0.4) is 0 Å². The van der Waals surface area contributed by atoms with Crippen molar-refractivity contribution in [3.05, 3.63) is 35.6 Å². The Morgan fingerprint density at radius 1 is 1.50 bits per heavy atom. The fourth-order valence-electron chi connectivity index (χ4n) is 2.51. The molecular formula is C16H20FNO4. The predicted octanol–water partition coefficient (Wildman–Crippen LogP) is 1.71. The molecule has 1 aliphatic heterocycles. The van der Waals surface area contributed by atoms with Crippen molar-refractivity contribution < 1.29 is 23.8 Å². The Kier molecular flexibility index (Phi) is 5.49. The van der Waals surface area contributed by atoms with Crippen molar-refractivity contribution in [2.75, 3.05) is 19.7 Å². The first kappa shape index (κ1) is 16.4. The van der Waals surface area contributed by atoms with E-state index in [9.17, 15) is 14.0 Å². The number of morpholine rings is 1. The topological polar surface area (TPSA) is 66.8 Å². The normalized spacial score (nSPS) is 19.7. The van der Waals surface area contributed by atoms with Gasteiger partial charge >= 0.3 is 5.97 Å². The number of rotatable bonds is 5. The second-order valence-electron chi connectivity index (χ2n) is 5.55. The smallest absolute Gasteiger partial charge is 0.334 e. The Balaban J connectivity index is 1.87. The average molecular weight is 309 g/mol. The Hall–Kier alpha value is -1.95. The van der Waals surface area contributed by atoms with Crippen LogP contribution < -0.4 is 0 Å². The molecule has 1 aromatic carbocycles. The van der Waals surface area contributed by atoms with E-state index in [0.717, 1.165) is 5.56 Å². The number of carboxylic acids is 1. The van der Waals surface area contributed by atoms with Crippen molar-refractivity contribution in [2.24, 2.45) is 5.92 Å². The third kappa shape index (κ3) is 4.27. The molecule has 0 radical (unpaired) electrons. The zero-order valence-corrected chi connectivity index (χ0v) is 12.5. The van der Waals surface area contributed by atoms with Gasteiger partial charge in [0.1, 0.15) is 5.82 Å². The summed E-state index contributed by atoms with van der Waals surface area (Å²) in [7, 11) is 0. The number of carboxylic acid groups (broad SMARTS) is 1. The van der Waals surface area contributed by atoms with Gasteiger partial charge in [-0.05, 0) is 30.5 Å². The molecule has 0 aromatic heterocycles. The Morgan fingerprint density at radius 3 is 2.95 bits per heavy atom. The number of carbonyl (C=O) groups excluding carboxylic acids is 1. The highest BCUT2D eigenvalue weighted by atomic mass is 19.1. The standard InChI is InChI=1S/C16H20FNO4/c1-11(5-6-12-3-2-4-13(17)9-12)15(19)18-7-8-22-14(10-18)16(20)21/h2-4,9,11,14H,5-8,10H2,1H3,(H,20,21)/t11-,14-/m0/s1. The van der Waals surface area contributed by atoms with E-state index in [2.05, 4.69) is 0 Å². The minimum Gasteiger partial charge on any atom is -0.479 e. The average Bonchev–Trinajstić information content (AvgIpc) is 2.52. The van der Waals surface area contributed by atoms with Crippen LogP contribution >= 0.6 is 0 Å². The van der Waals surface area contributed by atoms with E-state index in [-0.39, 0.29) is 30.8 Å². The van der Waals surface area contributed by atoms with Gasteiger partial charge in [-0.1, -0.05) is 19.1 Å². The van der Waals surface area contributed by atoms with E-state index in [1.165, 1.54) is 12.1 Å². The highest BCUT2D eigenvalue weighted by Gasteiger charge is 2.30. The first-order valence-corrected chi connectivity index (χ1v) is 7.35. The molecule has 1 aromatic rings. The minimum absolute atomic E-state index is 0.0778. The van der Waals surface area contributed by atoms with Crippen molar-refractivity contribution >= 4 is 11.9 Å². The maximum Gasteiger partial charge on any atom is 0.334 e. The fourth-order valence-corrected chi connectivity index (χ4v) is 2.51. The van der Waals surface area contributed by atoms with Crippen LogP contribution in [0.2, 0.25) is 0 Å². The number of carbonyl (C=O) groups is 2. The number of nitrogens with zero attached hydrogens (tertiary/aromatic N) is 1. The minimum atomic E-state index is -1.05. The SMILES string of the molecule is C[C@@H](CCc1cccc(F)c1)C(=O)N1CCO[C@H](C(=O)O)C1. The summed E-state index contributed by atoms with van der Waals surface area (Å²) in [5.41, 5.74) is 0.852. The molecule has 5 nitrogen and oxygen atoms in total. The maximum atomic E-state index is 13.1. The molecule has 0 aliphatic carbocycles. The molecule has 6 heteroatoms. The van der Waals surface area contributed by atoms with Crippen LogP contribution in [0, 0.1) is 11.7 Å². The third-order valence-corrected chi connectivity index (χ3v) is 3.83. The van der Waals surface area contributed by atoms with Gasteiger partial charge in [-0.3, -0.25) is 4.79 Å². The number of ether oxygens (including phenoxy) is 1.